The molecule has 1 saturated carbocycles. The standard InChI is InChI=1S/C22H26O/c1-3-23-22(2)16-14-20(15-17-22)21(18-10-6-4-7-11-18)19-12-8-5-9-13-19/h4-13H,3,14-17H2,1-2H3. The first-order valence-corrected chi connectivity index (χ1v) is 8.69. The second-order valence-corrected chi connectivity index (χ2v) is 6.59. The van der Waals surface area contributed by atoms with Crippen LogP contribution in [-0.2, 0) is 4.74 Å². The number of hydrogen-bond acceptors (Lipinski definition) is 1. The lowest BCUT2D eigenvalue weighted by Crippen LogP contribution is -2.32. The molecule has 0 N–H and O–H groups in total. The van der Waals surface area contributed by atoms with E-state index in [9.17, 15) is 0 Å². The van der Waals surface area contributed by atoms with Gasteiger partial charge >= 0.3 is 0 Å². The van der Waals surface area contributed by atoms with Crippen molar-refractivity contribution in [2.75, 3.05) is 6.61 Å². The number of ether oxygens (including phenoxy) is 1. The third-order valence-electron chi connectivity index (χ3n) is 4.88. The molecule has 1 aliphatic carbocycles. The Kier molecular flexibility index (Phi) is 4.97. The molecule has 1 fully saturated rings. The molecule has 3 rings (SSSR count). The average molecular weight is 306 g/mol. The van der Waals surface area contributed by atoms with Crippen LogP contribution in [0.25, 0.3) is 5.57 Å². The Morgan fingerprint density at radius 1 is 0.870 bits per heavy atom. The summed E-state index contributed by atoms with van der Waals surface area (Å²) < 4.78 is 5.99. The van der Waals surface area contributed by atoms with E-state index in [1.807, 2.05) is 0 Å². The van der Waals surface area contributed by atoms with Crippen LogP contribution >= 0.6 is 0 Å². The van der Waals surface area contributed by atoms with Gasteiger partial charge in [-0.05, 0) is 56.2 Å². The summed E-state index contributed by atoms with van der Waals surface area (Å²) in [7, 11) is 0. The zero-order valence-electron chi connectivity index (χ0n) is 14.2. The smallest absolute Gasteiger partial charge is 0.0660 e. The highest BCUT2D eigenvalue weighted by Gasteiger charge is 2.30. The molecule has 1 nitrogen and oxygen atoms in total. The second kappa shape index (κ2) is 7.14. The van der Waals surface area contributed by atoms with Gasteiger partial charge in [0.05, 0.1) is 5.60 Å². The van der Waals surface area contributed by atoms with Gasteiger partial charge in [0, 0.05) is 6.61 Å². The van der Waals surface area contributed by atoms with Gasteiger partial charge in [-0.15, -0.1) is 0 Å². The van der Waals surface area contributed by atoms with Crippen LogP contribution in [0, 0.1) is 0 Å². The second-order valence-electron chi connectivity index (χ2n) is 6.59. The molecule has 2 aromatic carbocycles. The maximum absolute atomic E-state index is 5.99. The lowest BCUT2D eigenvalue weighted by molar-refractivity contribution is -0.0432. The van der Waals surface area contributed by atoms with Crippen LogP contribution in [-0.4, -0.2) is 12.2 Å². The summed E-state index contributed by atoms with van der Waals surface area (Å²) in [6.07, 6.45) is 4.46. The normalized spacial score (nSPS) is 21.2. The zero-order chi connectivity index (χ0) is 16.1. The van der Waals surface area contributed by atoms with Gasteiger partial charge in [-0.25, -0.2) is 0 Å². The van der Waals surface area contributed by atoms with E-state index < -0.39 is 0 Å². The van der Waals surface area contributed by atoms with Gasteiger partial charge in [0.1, 0.15) is 0 Å². The van der Waals surface area contributed by atoms with E-state index in [1.165, 1.54) is 16.7 Å². The molecule has 0 aliphatic heterocycles. The van der Waals surface area contributed by atoms with Crippen molar-refractivity contribution in [1.82, 2.24) is 0 Å². The van der Waals surface area contributed by atoms with Crippen molar-refractivity contribution in [3.8, 4) is 0 Å². The zero-order valence-corrected chi connectivity index (χ0v) is 14.2. The molecule has 0 bridgehead atoms. The van der Waals surface area contributed by atoms with Crippen molar-refractivity contribution < 1.29 is 4.74 Å². The monoisotopic (exact) mass is 306 g/mol. The fourth-order valence-corrected chi connectivity index (χ4v) is 3.61. The summed E-state index contributed by atoms with van der Waals surface area (Å²) in [4.78, 5) is 0. The number of allylic oxidation sites excluding steroid dienone is 1. The Bertz CT molecular complexity index is 603. The molecular formula is C22H26O. The molecule has 1 aliphatic rings. The highest BCUT2D eigenvalue weighted by Crippen LogP contribution is 2.39. The first kappa shape index (κ1) is 16.0. The lowest BCUT2D eigenvalue weighted by Gasteiger charge is -2.35. The number of hydrogen-bond donors (Lipinski definition) is 0. The molecular weight excluding hydrogens is 280 g/mol. The molecule has 1 heteroatoms. The maximum atomic E-state index is 5.99. The van der Waals surface area contributed by atoms with Crippen LogP contribution < -0.4 is 0 Å². The Labute approximate surface area is 140 Å². The van der Waals surface area contributed by atoms with Crippen molar-refractivity contribution in [2.45, 2.75) is 45.1 Å². The molecule has 0 saturated heterocycles. The van der Waals surface area contributed by atoms with Crippen molar-refractivity contribution in [3.05, 3.63) is 77.4 Å². The summed E-state index contributed by atoms with van der Waals surface area (Å²) in [5.74, 6) is 0. The van der Waals surface area contributed by atoms with Crippen molar-refractivity contribution in [3.63, 3.8) is 0 Å². The molecule has 0 atom stereocenters. The van der Waals surface area contributed by atoms with Crippen LogP contribution in [0.5, 0.6) is 0 Å². The molecule has 0 unspecified atom stereocenters. The van der Waals surface area contributed by atoms with Gasteiger partial charge in [-0.3, -0.25) is 0 Å². The van der Waals surface area contributed by atoms with Gasteiger partial charge in [-0.2, -0.15) is 0 Å². The molecule has 2 aromatic rings. The molecule has 0 amide bonds. The lowest BCUT2D eigenvalue weighted by atomic mass is 9.79. The third-order valence-corrected chi connectivity index (χ3v) is 4.88. The predicted molar refractivity (Wildman–Crippen MR) is 97.4 cm³/mol. The fraction of sp³-hybridized carbons (Fsp3) is 0.364. The maximum Gasteiger partial charge on any atom is 0.0660 e. The SMILES string of the molecule is CCOC1(C)CCC(=C(c2ccccc2)c2ccccc2)CC1. The van der Waals surface area contributed by atoms with E-state index in [0.29, 0.717) is 0 Å². The van der Waals surface area contributed by atoms with E-state index in [4.69, 9.17) is 4.74 Å². The predicted octanol–water partition coefficient (Wildman–Crippen LogP) is 5.86. The minimum atomic E-state index is 0.0523. The highest BCUT2D eigenvalue weighted by molar-refractivity contribution is 5.82. The van der Waals surface area contributed by atoms with E-state index in [-0.39, 0.29) is 5.60 Å². The summed E-state index contributed by atoms with van der Waals surface area (Å²) >= 11 is 0. The summed E-state index contributed by atoms with van der Waals surface area (Å²) in [5, 5.41) is 0. The van der Waals surface area contributed by atoms with Gasteiger partial charge < -0.3 is 4.74 Å². The molecule has 120 valence electrons. The third kappa shape index (κ3) is 3.73. The average Bonchev–Trinajstić information content (AvgIpc) is 2.59. The first-order chi connectivity index (χ1) is 11.2. The summed E-state index contributed by atoms with van der Waals surface area (Å²) in [6, 6.07) is 21.6. The van der Waals surface area contributed by atoms with Gasteiger partial charge in [-0.1, -0.05) is 66.2 Å². The summed E-state index contributed by atoms with van der Waals surface area (Å²) in [5.41, 5.74) is 5.70. The molecule has 0 spiro atoms. The quantitative estimate of drug-likeness (QED) is 0.687. The van der Waals surface area contributed by atoms with E-state index in [2.05, 4.69) is 74.5 Å². The van der Waals surface area contributed by atoms with E-state index in [1.54, 1.807) is 5.57 Å². The Morgan fingerprint density at radius 3 is 1.78 bits per heavy atom. The van der Waals surface area contributed by atoms with Gasteiger partial charge in [0.2, 0.25) is 0 Å². The van der Waals surface area contributed by atoms with Crippen LogP contribution in [0.3, 0.4) is 0 Å². The van der Waals surface area contributed by atoms with Gasteiger partial charge in [0.15, 0.2) is 0 Å². The van der Waals surface area contributed by atoms with Gasteiger partial charge in [0.25, 0.3) is 0 Å². The minimum Gasteiger partial charge on any atom is -0.376 e. The van der Waals surface area contributed by atoms with E-state index in [0.717, 1.165) is 32.3 Å². The Hall–Kier alpha value is -1.86. The topological polar surface area (TPSA) is 9.23 Å². The van der Waals surface area contributed by atoms with Crippen LogP contribution in [0.15, 0.2) is 66.2 Å². The molecule has 0 heterocycles. The minimum absolute atomic E-state index is 0.0523. The Balaban J connectivity index is 1.97. The molecule has 23 heavy (non-hydrogen) atoms. The van der Waals surface area contributed by atoms with Crippen molar-refractivity contribution in [1.29, 1.82) is 0 Å². The van der Waals surface area contributed by atoms with Crippen LogP contribution in [0.1, 0.15) is 50.7 Å². The van der Waals surface area contributed by atoms with Crippen molar-refractivity contribution >= 4 is 5.57 Å². The molecule has 0 radical (unpaired) electrons. The van der Waals surface area contributed by atoms with Crippen LogP contribution in [0.2, 0.25) is 0 Å². The fourth-order valence-electron chi connectivity index (χ4n) is 3.61. The number of rotatable bonds is 4. The highest BCUT2D eigenvalue weighted by atomic mass is 16.5. The molecule has 0 aromatic heterocycles. The van der Waals surface area contributed by atoms with Crippen molar-refractivity contribution in [2.24, 2.45) is 0 Å². The van der Waals surface area contributed by atoms with Crippen LogP contribution in [0.4, 0.5) is 0 Å². The largest absolute Gasteiger partial charge is 0.376 e. The number of benzene rings is 2. The van der Waals surface area contributed by atoms with E-state index >= 15 is 0 Å². The first-order valence-electron chi connectivity index (χ1n) is 8.69. The summed E-state index contributed by atoms with van der Waals surface area (Å²) in [6.45, 7) is 5.16. The Morgan fingerprint density at radius 2 is 1.35 bits per heavy atom.